The van der Waals surface area contributed by atoms with Gasteiger partial charge in [-0.3, -0.25) is 4.79 Å². The number of aromatic nitrogens is 3. The molecule has 0 spiro atoms. The molecule has 0 radical (unpaired) electrons. The van der Waals surface area contributed by atoms with Gasteiger partial charge in [-0.1, -0.05) is 24.8 Å². The molecule has 0 bridgehead atoms. The van der Waals surface area contributed by atoms with Crippen LogP contribution in [-0.4, -0.2) is 28.0 Å². The number of nitrogens with one attached hydrogen (secondary N) is 1. The van der Waals surface area contributed by atoms with E-state index in [1.165, 1.54) is 6.08 Å². The highest BCUT2D eigenvalue weighted by molar-refractivity contribution is 6.01. The van der Waals surface area contributed by atoms with Crippen LogP contribution >= 0.6 is 0 Å². The van der Waals surface area contributed by atoms with Crippen molar-refractivity contribution in [1.82, 2.24) is 15.0 Å². The van der Waals surface area contributed by atoms with Crippen molar-refractivity contribution in [3.8, 4) is 39.6 Å². The molecule has 1 amide bonds. The Labute approximate surface area is 213 Å². The van der Waals surface area contributed by atoms with Crippen LogP contribution in [0.2, 0.25) is 0 Å². The zero-order chi connectivity index (χ0) is 25.8. The molecular weight excluding hydrogens is 466 g/mol. The van der Waals surface area contributed by atoms with Gasteiger partial charge in [0.25, 0.3) is 0 Å². The van der Waals surface area contributed by atoms with Gasteiger partial charge in [0.1, 0.15) is 11.5 Å². The number of anilines is 2. The molecule has 0 aliphatic rings. The van der Waals surface area contributed by atoms with Crippen LogP contribution < -0.4 is 20.5 Å². The summed E-state index contributed by atoms with van der Waals surface area (Å²) >= 11 is 0. The molecule has 8 heteroatoms. The number of hydrogen-bond acceptors (Lipinski definition) is 7. The number of nitrogen functional groups attached to an aromatic ring is 1. The van der Waals surface area contributed by atoms with Gasteiger partial charge >= 0.3 is 0 Å². The molecular formula is C29H23N5O3. The third-order valence-electron chi connectivity index (χ3n) is 5.67. The van der Waals surface area contributed by atoms with Crippen molar-refractivity contribution in [2.24, 2.45) is 0 Å². The molecule has 0 fully saturated rings. The van der Waals surface area contributed by atoms with Crippen LogP contribution in [0.3, 0.4) is 0 Å². The summed E-state index contributed by atoms with van der Waals surface area (Å²) < 4.78 is 11.6. The highest BCUT2D eigenvalue weighted by atomic mass is 16.5. The van der Waals surface area contributed by atoms with Gasteiger partial charge in [0.05, 0.1) is 12.6 Å². The first kappa shape index (κ1) is 23.5. The van der Waals surface area contributed by atoms with Crippen LogP contribution in [0.5, 0.6) is 17.4 Å². The second kappa shape index (κ2) is 10.2. The molecule has 37 heavy (non-hydrogen) atoms. The summed E-state index contributed by atoms with van der Waals surface area (Å²) in [5.74, 6) is 1.60. The zero-order valence-corrected chi connectivity index (χ0v) is 20.0. The van der Waals surface area contributed by atoms with E-state index in [9.17, 15) is 4.79 Å². The average Bonchev–Trinajstić information content (AvgIpc) is 2.93. The lowest BCUT2D eigenvalue weighted by Crippen LogP contribution is -2.07. The van der Waals surface area contributed by atoms with Gasteiger partial charge in [-0.25, -0.2) is 15.0 Å². The van der Waals surface area contributed by atoms with Crippen LogP contribution in [-0.2, 0) is 4.79 Å². The van der Waals surface area contributed by atoms with Crippen molar-refractivity contribution in [1.29, 1.82) is 0 Å². The number of benzene rings is 3. The van der Waals surface area contributed by atoms with Gasteiger partial charge < -0.3 is 20.5 Å². The monoisotopic (exact) mass is 489 g/mol. The third kappa shape index (κ3) is 5.08. The number of nitrogens with two attached hydrogens (primary N) is 1. The number of carbonyl (C=O) groups excluding carboxylic acids is 1. The number of fused-ring (bicyclic) bond motifs is 1. The minimum absolute atomic E-state index is 0.172. The molecule has 0 unspecified atom stereocenters. The van der Waals surface area contributed by atoms with Gasteiger partial charge in [-0.05, 0) is 59.7 Å². The molecule has 3 N–H and O–H groups in total. The van der Waals surface area contributed by atoms with Gasteiger partial charge in [0.2, 0.25) is 17.7 Å². The van der Waals surface area contributed by atoms with E-state index in [4.69, 9.17) is 15.2 Å². The van der Waals surface area contributed by atoms with E-state index >= 15 is 0 Å². The van der Waals surface area contributed by atoms with E-state index in [0.717, 1.165) is 27.6 Å². The van der Waals surface area contributed by atoms with Gasteiger partial charge in [-0.2, -0.15) is 0 Å². The smallest absolute Gasteiger partial charge is 0.247 e. The Morgan fingerprint density at radius 2 is 1.86 bits per heavy atom. The lowest BCUT2D eigenvalue weighted by molar-refractivity contribution is -0.111. The summed E-state index contributed by atoms with van der Waals surface area (Å²) in [6, 6.07) is 22.6. The number of hydrogen-bond donors (Lipinski definition) is 2. The van der Waals surface area contributed by atoms with E-state index in [1.54, 1.807) is 25.6 Å². The first-order valence-corrected chi connectivity index (χ1v) is 11.4. The second-order valence-electron chi connectivity index (χ2n) is 8.10. The Hall–Kier alpha value is -5.24. The van der Waals surface area contributed by atoms with Gasteiger partial charge in [0, 0.05) is 46.7 Å². The van der Waals surface area contributed by atoms with E-state index in [-0.39, 0.29) is 11.9 Å². The van der Waals surface area contributed by atoms with Crippen molar-refractivity contribution in [2.75, 3.05) is 18.2 Å². The number of carbonyl (C=O) groups is 1. The number of pyridine rings is 1. The molecule has 2 aromatic heterocycles. The fraction of sp³-hybridized carbons (Fsp3) is 0.0345. The highest BCUT2D eigenvalue weighted by Crippen LogP contribution is 2.39. The molecule has 0 saturated carbocycles. The summed E-state index contributed by atoms with van der Waals surface area (Å²) in [6.45, 7) is 3.51. The Bertz CT molecular complexity index is 1620. The quantitative estimate of drug-likeness (QED) is 0.275. The zero-order valence-electron chi connectivity index (χ0n) is 20.0. The van der Waals surface area contributed by atoms with Gasteiger partial charge in [-0.15, -0.1) is 0 Å². The summed E-state index contributed by atoms with van der Waals surface area (Å²) in [4.78, 5) is 24.7. The van der Waals surface area contributed by atoms with Crippen molar-refractivity contribution in [2.45, 2.75) is 0 Å². The maximum Gasteiger partial charge on any atom is 0.247 e. The predicted molar refractivity (Wildman–Crippen MR) is 145 cm³/mol. The van der Waals surface area contributed by atoms with Crippen molar-refractivity contribution in [3.05, 3.63) is 97.8 Å². The summed E-state index contributed by atoms with van der Waals surface area (Å²) in [5, 5.41) is 3.60. The maximum absolute atomic E-state index is 11.8. The Kier molecular flexibility index (Phi) is 6.46. The fourth-order valence-electron chi connectivity index (χ4n) is 3.99. The fourth-order valence-corrected chi connectivity index (χ4v) is 3.99. The number of rotatable bonds is 7. The van der Waals surface area contributed by atoms with Crippen LogP contribution in [0.15, 0.2) is 97.8 Å². The number of amides is 1. The Morgan fingerprint density at radius 1 is 0.973 bits per heavy atom. The largest absolute Gasteiger partial charge is 0.496 e. The normalized spacial score (nSPS) is 10.6. The molecule has 2 heterocycles. The number of nitrogens with zero attached hydrogens (tertiary/aromatic N) is 3. The average molecular weight is 490 g/mol. The van der Waals surface area contributed by atoms with E-state index in [0.29, 0.717) is 28.6 Å². The molecule has 0 saturated heterocycles. The Morgan fingerprint density at radius 3 is 2.65 bits per heavy atom. The van der Waals surface area contributed by atoms with E-state index in [2.05, 4.69) is 26.8 Å². The summed E-state index contributed by atoms with van der Waals surface area (Å²) in [6.07, 6.45) is 4.59. The minimum atomic E-state index is -0.292. The molecule has 5 rings (SSSR count). The minimum Gasteiger partial charge on any atom is -0.496 e. The molecule has 3 aromatic carbocycles. The topological polar surface area (TPSA) is 112 Å². The third-order valence-corrected chi connectivity index (χ3v) is 5.67. The summed E-state index contributed by atoms with van der Waals surface area (Å²) in [5.41, 5.74) is 10.7. The second-order valence-corrected chi connectivity index (χ2v) is 8.10. The first-order valence-electron chi connectivity index (χ1n) is 11.4. The molecule has 0 aliphatic heterocycles. The van der Waals surface area contributed by atoms with E-state index < -0.39 is 0 Å². The van der Waals surface area contributed by atoms with Crippen LogP contribution in [0.4, 0.5) is 11.6 Å². The molecule has 182 valence electrons. The van der Waals surface area contributed by atoms with Gasteiger partial charge in [0.15, 0.2) is 0 Å². The highest BCUT2D eigenvalue weighted by Gasteiger charge is 2.15. The predicted octanol–water partition coefficient (Wildman–Crippen LogP) is 5.87. The van der Waals surface area contributed by atoms with Crippen LogP contribution in [0, 0.1) is 0 Å². The first-order chi connectivity index (χ1) is 18.0. The lowest BCUT2D eigenvalue weighted by atomic mass is 9.95. The van der Waals surface area contributed by atoms with Crippen molar-refractivity contribution in [3.63, 3.8) is 0 Å². The van der Waals surface area contributed by atoms with Crippen LogP contribution in [0.25, 0.3) is 33.2 Å². The molecule has 0 aliphatic carbocycles. The number of methoxy groups -OCH3 is 1. The standard InChI is InChI=1S/C29H23N5O3/c1-3-26(35)33-21-8-6-7-18(14-21)24-15-19(13-20-17-32-29(30)34-28(20)24)23-11-10-22(16-25(23)36-2)37-27-9-4-5-12-31-27/h3-17H,1H2,2H3,(H,33,35)(H2,30,32,34). The lowest BCUT2D eigenvalue weighted by Gasteiger charge is -2.15. The maximum atomic E-state index is 11.8. The molecule has 0 atom stereocenters. The SMILES string of the molecule is C=CC(=O)Nc1cccc(-c2cc(-c3ccc(Oc4ccccn4)cc3OC)cc3cnc(N)nc23)c1. The van der Waals surface area contributed by atoms with Crippen molar-refractivity contribution < 1.29 is 14.3 Å². The van der Waals surface area contributed by atoms with Crippen LogP contribution in [0.1, 0.15) is 0 Å². The Balaban J connectivity index is 1.62. The van der Waals surface area contributed by atoms with E-state index in [1.807, 2.05) is 66.7 Å². The van der Waals surface area contributed by atoms with Crippen molar-refractivity contribution >= 4 is 28.4 Å². The summed E-state index contributed by atoms with van der Waals surface area (Å²) in [7, 11) is 1.61. The molecule has 5 aromatic rings. The number of ether oxygens (including phenoxy) is 2. The molecule has 8 nitrogen and oxygen atoms in total.